The number of para-hydroxylation sites is 1. The van der Waals surface area contributed by atoms with Crippen LogP contribution < -0.4 is 10.5 Å². The maximum Gasteiger partial charge on any atom is 0.357 e. The Morgan fingerprint density at radius 3 is 2.50 bits per heavy atom. The SMILES string of the molecule is CCOC(=O)c1cc(C(C)C)nc(C(=C(C)N)c2ccccc2OC)n1. The van der Waals surface area contributed by atoms with Crippen LogP contribution >= 0.6 is 0 Å². The van der Waals surface area contributed by atoms with Gasteiger partial charge in [-0.25, -0.2) is 14.8 Å². The predicted molar refractivity (Wildman–Crippen MR) is 101 cm³/mol. The number of benzene rings is 1. The molecule has 1 heterocycles. The topological polar surface area (TPSA) is 87.3 Å². The Balaban J connectivity index is 2.70. The number of esters is 1. The number of nitrogens with two attached hydrogens (primary N) is 1. The molecule has 0 aliphatic carbocycles. The van der Waals surface area contributed by atoms with Crippen LogP contribution in [0.2, 0.25) is 0 Å². The molecular weight excluding hydrogens is 330 g/mol. The highest BCUT2D eigenvalue weighted by Gasteiger charge is 2.20. The van der Waals surface area contributed by atoms with E-state index in [1.54, 1.807) is 27.0 Å². The molecule has 0 atom stereocenters. The number of hydrogen-bond donors (Lipinski definition) is 1. The first kappa shape index (κ1) is 19.4. The molecule has 0 bridgehead atoms. The minimum atomic E-state index is -0.480. The molecule has 0 aliphatic heterocycles. The van der Waals surface area contributed by atoms with Gasteiger partial charge >= 0.3 is 5.97 Å². The van der Waals surface area contributed by atoms with E-state index in [2.05, 4.69) is 9.97 Å². The number of carbonyl (C=O) groups is 1. The molecule has 6 heteroatoms. The third kappa shape index (κ3) is 4.20. The summed E-state index contributed by atoms with van der Waals surface area (Å²) in [5, 5.41) is 0. The van der Waals surface area contributed by atoms with E-state index in [-0.39, 0.29) is 18.2 Å². The number of allylic oxidation sites excluding steroid dienone is 1. The normalized spacial score (nSPS) is 11.9. The van der Waals surface area contributed by atoms with Crippen LogP contribution in [0.5, 0.6) is 5.75 Å². The summed E-state index contributed by atoms with van der Waals surface area (Å²) in [6.45, 7) is 7.82. The summed E-state index contributed by atoms with van der Waals surface area (Å²) < 4.78 is 10.6. The van der Waals surface area contributed by atoms with E-state index >= 15 is 0 Å². The smallest absolute Gasteiger partial charge is 0.357 e. The lowest BCUT2D eigenvalue weighted by Crippen LogP contribution is -2.14. The molecule has 0 saturated carbocycles. The fourth-order valence-corrected chi connectivity index (χ4v) is 2.54. The molecule has 2 rings (SSSR count). The van der Waals surface area contributed by atoms with Crippen molar-refractivity contribution >= 4 is 11.5 Å². The van der Waals surface area contributed by atoms with Crippen molar-refractivity contribution in [2.45, 2.75) is 33.6 Å². The summed E-state index contributed by atoms with van der Waals surface area (Å²) in [7, 11) is 1.59. The van der Waals surface area contributed by atoms with Crippen LogP contribution in [0.4, 0.5) is 0 Å². The molecule has 0 unspecified atom stereocenters. The number of aromatic nitrogens is 2. The first-order valence-corrected chi connectivity index (χ1v) is 8.55. The molecule has 0 radical (unpaired) electrons. The van der Waals surface area contributed by atoms with Crippen molar-refractivity contribution in [1.82, 2.24) is 9.97 Å². The van der Waals surface area contributed by atoms with Crippen LogP contribution in [0.1, 0.15) is 61.2 Å². The van der Waals surface area contributed by atoms with Crippen LogP contribution in [-0.2, 0) is 4.74 Å². The van der Waals surface area contributed by atoms with Crippen molar-refractivity contribution in [2.75, 3.05) is 13.7 Å². The first-order valence-electron chi connectivity index (χ1n) is 8.55. The van der Waals surface area contributed by atoms with E-state index in [9.17, 15) is 4.79 Å². The van der Waals surface area contributed by atoms with Crippen molar-refractivity contribution in [3.63, 3.8) is 0 Å². The molecule has 6 nitrogen and oxygen atoms in total. The molecule has 0 aliphatic rings. The van der Waals surface area contributed by atoms with Crippen molar-refractivity contribution in [3.8, 4) is 5.75 Å². The largest absolute Gasteiger partial charge is 0.496 e. The van der Waals surface area contributed by atoms with Gasteiger partial charge < -0.3 is 15.2 Å². The van der Waals surface area contributed by atoms with E-state index < -0.39 is 5.97 Å². The quantitative estimate of drug-likeness (QED) is 0.798. The Morgan fingerprint density at radius 1 is 1.23 bits per heavy atom. The number of rotatable bonds is 6. The van der Waals surface area contributed by atoms with E-state index in [0.29, 0.717) is 22.8 Å². The molecule has 0 fully saturated rings. The van der Waals surface area contributed by atoms with E-state index in [1.807, 2.05) is 38.1 Å². The summed E-state index contributed by atoms with van der Waals surface area (Å²) in [6, 6.07) is 9.16. The van der Waals surface area contributed by atoms with Gasteiger partial charge in [-0.3, -0.25) is 0 Å². The Kier molecular flexibility index (Phi) is 6.33. The van der Waals surface area contributed by atoms with Crippen LogP contribution in [-0.4, -0.2) is 29.7 Å². The number of hydrogen-bond acceptors (Lipinski definition) is 6. The Labute approximate surface area is 154 Å². The maximum absolute atomic E-state index is 12.2. The van der Waals surface area contributed by atoms with Crippen LogP contribution in [0.3, 0.4) is 0 Å². The Bertz CT molecular complexity index is 825. The fourth-order valence-electron chi connectivity index (χ4n) is 2.54. The second-order valence-corrected chi connectivity index (χ2v) is 6.14. The lowest BCUT2D eigenvalue weighted by molar-refractivity contribution is 0.0519. The average molecular weight is 355 g/mol. The average Bonchev–Trinajstić information content (AvgIpc) is 2.62. The summed E-state index contributed by atoms with van der Waals surface area (Å²) in [5.74, 6) is 0.668. The third-order valence-electron chi connectivity index (χ3n) is 3.82. The number of nitrogens with zero attached hydrogens (tertiary/aromatic N) is 2. The molecular formula is C20H25N3O3. The zero-order chi connectivity index (χ0) is 19.3. The molecule has 0 amide bonds. The minimum Gasteiger partial charge on any atom is -0.496 e. The Morgan fingerprint density at radius 2 is 1.92 bits per heavy atom. The molecule has 2 aromatic rings. The highest BCUT2D eigenvalue weighted by atomic mass is 16.5. The zero-order valence-corrected chi connectivity index (χ0v) is 15.9. The van der Waals surface area contributed by atoms with E-state index in [0.717, 1.165) is 11.3 Å². The second kappa shape index (κ2) is 8.47. The van der Waals surface area contributed by atoms with Crippen molar-refractivity contribution in [1.29, 1.82) is 0 Å². The monoisotopic (exact) mass is 355 g/mol. The van der Waals surface area contributed by atoms with Gasteiger partial charge in [-0.15, -0.1) is 0 Å². The lowest BCUT2D eigenvalue weighted by atomic mass is 10.0. The van der Waals surface area contributed by atoms with Gasteiger partial charge in [0.1, 0.15) is 5.75 Å². The van der Waals surface area contributed by atoms with Crippen LogP contribution in [0.15, 0.2) is 36.0 Å². The fraction of sp³-hybridized carbons (Fsp3) is 0.350. The van der Waals surface area contributed by atoms with E-state index in [4.69, 9.17) is 15.2 Å². The highest BCUT2D eigenvalue weighted by Crippen LogP contribution is 2.31. The summed E-state index contributed by atoms with van der Waals surface area (Å²) in [5.41, 5.74) is 9.06. The highest BCUT2D eigenvalue weighted by molar-refractivity contribution is 5.89. The molecule has 1 aromatic carbocycles. The van der Waals surface area contributed by atoms with Crippen LogP contribution in [0.25, 0.3) is 5.57 Å². The van der Waals surface area contributed by atoms with Gasteiger partial charge in [-0.1, -0.05) is 32.0 Å². The van der Waals surface area contributed by atoms with E-state index in [1.165, 1.54) is 0 Å². The third-order valence-corrected chi connectivity index (χ3v) is 3.82. The van der Waals surface area contributed by atoms with Crippen LogP contribution in [0, 0.1) is 0 Å². The predicted octanol–water partition coefficient (Wildman–Crippen LogP) is 3.52. The summed E-state index contributed by atoms with van der Waals surface area (Å²) in [4.78, 5) is 21.3. The maximum atomic E-state index is 12.2. The van der Waals surface area contributed by atoms with Gasteiger partial charge in [0.2, 0.25) is 0 Å². The molecule has 2 N–H and O–H groups in total. The van der Waals surface area contributed by atoms with Crippen molar-refractivity contribution in [3.05, 3.63) is 58.8 Å². The van der Waals surface area contributed by atoms with Gasteiger partial charge in [0, 0.05) is 22.5 Å². The lowest BCUT2D eigenvalue weighted by Gasteiger charge is -2.15. The summed E-state index contributed by atoms with van der Waals surface area (Å²) in [6.07, 6.45) is 0. The van der Waals surface area contributed by atoms with Gasteiger partial charge in [0.25, 0.3) is 0 Å². The molecule has 0 spiro atoms. The minimum absolute atomic E-state index is 0.113. The van der Waals surface area contributed by atoms with Gasteiger partial charge in [0.05, 0.1) is 13.7 Å². The number of carbonyl (C=O) groups excluding carboxylic acids is 1. The Hall–Kier alpha value is -2.89. The first-order chi connectivity index (χ1) is 12.4. The molecule has 26 heavy (non-hydrogen) atoms. The van der Waals surface area contributed by atoms with Gasteiger partial charge in [0.15, 0.2) is 11.5 Å². The number of ether oxygens (including phenoxy) is 2. The zero-order valence-electron chi connectivity index (χ0n) is 15.9. The molecule has 138 valence electrons. The van der Waals surface area contributed by atoms with Gasteiger partial charge in [-0.05, 0) is 31.9 Å². The number of methoxy groups -OCH3 is 1. The standard InChI is InChI=1S/C20H25N3O3/c1-6-26-20(24)16-11-15(12(2)3)22-19(23-16)18(13(4)21)14-9-7-8-10-17(14)25-5/h7-12H,6,21H2,1-5H3. The van der Waals surface area contributed by atoms with Gasteiger partial charge in [-0.2, -0.15) is 0 Å². The molecule has 0 saturated heterocycles. The van der Waals surface area contributed by atoms with Crippen molar-refractivity contribution in [2.24, 2.45) is 5.73 Å². The second-order valence-electron chi connectivity index (χ2n) is 6.14. The van der Waals surface area contributed by atoms with Crippen molar-refractivity contribution < 1.29 is 14.3 Å². The molecule has 1 aromatic heterocycles. The summed E-state index contributed by atoms with van der Waals surface area (Å²) >= 11 is 0.